The third-order valence-corrected chi connectivity index (χ3v) is 5.67. The van der Waals surface area contributed by atoms with Crippen LogP contribution in [0.5, 0.6) is 0 Å². The first-order chi connectivity index (χ1) is 14.2. The van der Waals surface area contributed by atoms with Crippen molar-refractivity contribution in [1.29, 1.82) is 5.26 Å². The maximum atomic E-state index is 12.0. The molecule has 0 atom stereocenters. The molecule has 0 fully saturated rings. The Labute approximate surface area is 182 Å². The number of nitriles is 1. The summed E-state index contributed by atoms with van der Waals surface area (Å²) in [5.74, 6) is 0.892. The molecular weight excluding hydrogens is 450 g/mol. The summed E-state index contributed by atoms with van der Waals surface area (Å²) in [5, 5.41) is 20.7. The Hall–Kier alpha value is -2.63. The Balaban J connectivity index is 1.77. The molecule has 29 heavy (non-hydrogen) atoms. The lowest BCUT2D eigenvalue weighted by Gasteiger charge is -2.11. The van der Waals surface area contributed by atoms with E-state index in [0.717, 1.165) is 22.3 Å². The predicted octanol–water partition coefficient (Wildman–Crippen LogP) is 4.07. The summed E-state index contributed by atoms with van der Waals surface area (Å²) in [5.41, 5.74) is 2.20. The van der Waals surface area contributed by atoms with Crippen LogP contribution in [0.25, 0.3) is 11.4 Å². The van der Waals surface area contributed by atoms with Crippen molar-refractivity contribution in [3.63, 3.8) is 0 Å². The van der Waals surface area contributed by atoms with Crippen molar-refractivity contribution in [2.75, 3.05) is 12.3 Å². The number of amides is 1. The fourth-order valence-corrected chi connectivity index (χ4v) is 3.79. The highest BCUT2D eigenvalue weighted by molar-refractivity contribution is 9.10. The highest BCUT2D eigenvalue weighted by Gasteiger charge is 2.16. The van der Waals surface area contributed by atoms with Gasteiger partial charge in [0.05, 0.1) is 18.2 Å². The quantitative estimate of drug-likeness (QED) is 0.377. The first-order valence-corrected chi connectivity index (χ1v) is 10.9. The van der Waals surface area contributed by atoms with Gasteiger partial charge in [0, 0.05) is 23.1 Å². The zero-order chi connectivity index (χ0) is 20.5. The van der Waals surface area contributed by atoms with Crippen molar-refractivity contribution in [3.8, 4) is 17.5 Å². The number of hydrogen-bond acceptors (Lipinski definition) is 5. The van der Waals surface area contributed by atoms with Gasteiger partial charge < -0.3 is 9.88 Å². The van der Waals surface area contributed by atoms with Crippen molar-refractivity contribution < 1.29 is 4.79 Å². The Morgan fingerprint density at radius 1 is 1.14 bits per heavy atom. The average Bonchev–Trinajstić information content (AvgIpc) is 3.15. The Kier molecular flexibility index (Phi) is 7.85. The molecular formula is C21H20BrN5OS. The van der Waals surface area contributed by atoms with E-state index in [0.29, 0.717) is 24.7 Å². The largest absolute Gasteiger partial charge is 0.354 e. The van der Waals surface area contributed by atoms with E-state index in [2.05, 4.69) is 48.1 Å². The van der Waals surface area contributed by atoms with E-state index in [1.54, 1.807) is 0 Å². The second-order valence-electron chi connectivity index (χ2n) is 6.25. The molecule has 1 heterocycles. The van der Waals surface area contributed by atoms with E-state index >= 15 is 0 Å². The standard InChI is InChI=1S/C21H20BrN5OS/c22-18-9-7-17(8-10-18)20-25-26-21(29-15-19(28)24-13-4-12-23)27(20)14-11-16-5-2-1-3-6-16/h1-3,5-10H,4,11,13-15H2,(H,24,28). The van der Waals surface area contributed by atoms with Gasteiger partial charge in [0.2, 0.25) is 5.91 Å². The molecule has 0 saturated heterocycles. The second kappa shape index (κ2) is 10.8. The van der Waals surface area contributed by atoms with Crippen molar-refractivity contribution in [3.05, 3.63) is 64.6 Å². The molecule has 1 aromatic heterocycles. The average molecular weight is 470 g/mol. The molecule has 3 aromatic rings. The minimum absolute atomic E-state index is 0.118. The van der Waals surface area contributed by atoms with Crippen molar-refractivity contribution in [1.82, 2.24) is 20.1 Å². The molecule has 1 amide bonds. The lowest BCUT2D eigenvalue weighted by atomic mass is 10.1. The lowest BCUT2D eigenvalue weighted by molar-refractivity contribution is -0.118. The third kappa shape index (κ3) is 6.17. The number of carbonyl (C=O) groups excluding carboxylic acids is 1. The van der Waals surface area contributed by atoms with Gasteiger partial charge in [0.15, 0.2) is 11.0 Å². The summed E-state index contributed by atoms with van der Waals surface area (Å²) in [6.45, 7) is 1.07. The zero-order valence-corrected chi connectivity index (χ0v) is 18.1. The topological polar surface area (TPSA) is 83.6 Å². The number of thioether (sulfide) groups is 1. The van der Waals surface area contributed by atoms with E-state index in [9.17, 15) is 4.79 Å². The molecule has 0 aliphatic carbocycles. The maximum absolute atomic E-state index is 12.0. The van der Waals surface area contributed by atoms with Crippen LogP contribution in [0.15, 0.2) is 64.2 Å². The number of nitrogens with one attached hydrogen (secondary N) is 1. The van der Waals surface area contributed by atoms with Gasteiger partial charge in [-0.1, -0.05) is 70.2 Å². The number of aromatic nitrogens is 3. The first kappa shape index (κ1) is 21.1. The number of carbonyl (C=O) groups is 1. The summed E-state index contributed by atoms with van der Waals surface area (Å²) >= 11 is 4.81. The molecule has 0 saturated carbocycles. The number of halogens is 1. The van der Waals surface area contributed by atoms with Gasteiger partial charge in [-0.05, 0) is 24.1 Å². The van der Waals surface area contributed by atoms with Gasteiger partial charge >= 0.3 is 0 Å². The van der Waals surface area contributed by atoms with E-state index < -0.39 is 0 Å². The number of nitrogens with zero attached hydrogens (tertiary/aromatic N) is 4. The van der Waals surface area contributed by atoms with Crippen LogP contribution in [0.3, 0.4) is 0 Å². The molecule has 1 N–H and O–H groups in total. The second-order valence-corrected chi connectivity index (χ2v) is 8.11. The summed E-state index contributed by atoms with van der Waals surface area (Å²) in [6.07, 6.45) is 1.14. The molecule has 0 bridgehead atoms. The van der Waals surface area contributed by atoms with Crippen molar-refractivity contribution >= 4 is 33.6 Å². The number of hydrogen-bond donors (Lipinski definition) is 1. The normalized spacial score (nSPS) is 10.5. The van der Waals surface area contributed by atoms with Crippen LogP contribution in [0.2, 0.25) is 0 Å². The molecule has 8 heteroatoms. The smallest absolute Gasteiger partial charge is 0.230 e. The minimum atomic E-state index is -0.118. The van der Waals surface area contributed by atoms with Gasteiger partial charge in [0.1, 0.15) is 0 Å². The van der Waals surface area contributed by atoms with Crippen LogP contribution in [0.4, 0.5) is 0 Å². The highest BCUT2D eigenvalue weighted by Crippen LogP contribution is 2.25. The van der Waals surface area contributed by atoms with Gasteiger partial charge in [-0.3, -0.25) is 4.79 Å². The summed E-state index contributed by atoms with van der Waals surface area (Å²) in [4.78, 5) is 12.0. The Morgan fingerprint density at radius 2 is 1.90 bits per heavy atom. The van der Waals surface area contributed by atoms with Crippen LogP contribution < -0.4 is 5.32 Å². The highest BCUT2D eigenvalue weighted by atomic mass is 79.9. The Morgan fingerprint density at radius 3 is 2.62 bits per heavy atom. The summed E-state index contributed by atoms with van der Waals surface area (Å²) < 4.78 is 3.06. The van der Waals surface area contributed by atoms with Crippen LogP contribution in [0.1, 0.15) is 12.0 Å². The van der Waals surface area contributed by atoms with E-state index in [-0.39, 0.29) is 11.7 Å². The van der Waals surface area contributed by atoms with Crippen LogP contribution in [0, 0.1) is 11.3 Å². The first-order valence-electron chi connectivity index (χ1n) is 9.17. The fraction of sp³-hybridized carbons (Fsp3) is 0.238. The zero-order valence-electron chi connectivity index (χ0n) is 15.7. The molecule has 148 valence electrons. The van der Waals surface area contributed by atoms with Crippen molar-refractivity contribution in [2.45, 2.75) is 24.5 Å². The summed E-state index contributed by atoms with van der Waals surface area (Å²) in [7, 11) is 0. The molecule has 0 radical (unpaired) electrons. The predicted molar refractivity (Wildman–Crippen MR) is 117 cm³/mol. The van der Waals surface area contributed by atoms with Crippen molar-refractivity contribution in [2.24, 2.45) is 0 Å². The van der Waals surface area contributed by atoms with Gasteiger partial charge in [-0.25, -0.2) is 0 Å². The third-order valence-electron chi connectivity index (χ3n) is 4.18. The molecule has 6 nitrogen and oxygen atoms in total. The molecule has 0 unspecified atom stereocenters. The lowest BCUT2D eigenvalue weighted by Crippen LogP contribution is -2.26. The number of rotatable bonds is 9. The minimum Gasteiger partial charge on any atom is -0.354 e. The van der Waals surface area contributed by atoms with E-state index in [1.165, 1.54) is 17.3 Å². The van der Waals surface area contributed by atoms with Crippen LogP contribution >= 0.6 is 27.7 Å². The molecule has 0 aliphatic rings. The van der Waals surface area contributed by atoms with Crippen LogP contribution in [-0.2, 0) is 17.8 Å². The fourth-order valence-electron chi connectivity index (χ4n) is 2.73. The molecule has 0 aliphatic heterocycles. The SMILES string of the molecule is N#CCCNC(=O)CSc1nnc(-c2ccc(Br)cc2)n1CCc1ccccc1. The Bertz CT molecular complexity index is 983. The maximum Gasteiger partial charge on any atom is 0.230 e. The summed E-state index contributed by atoms with van der Waals surface area (Å²) in [6, 6.07) is 20.2. The van der Waals surface area contributed by atoms with E-state index in [4.69, 9.17) is 5.26 Å². The number of aryl methyl sites for hydroxylation is 1. The van der Waals surface area contributed by atoms with Crippen LogP contribution in [-0.4, -0.2) is 33.0 Å². The van der Waals surface area contributed by atoms with Gasteiger partial charge in [-0.2, -0.15) is 5.26 Å². The molecule has 3 rings (SSSR count). The van der Waals surface area contributed by atoms with E-state index in [1.807, 2.05) is 48.5 Å². The molecule has 2 aromatic carbocycles. The van der Waals surface area contributed by atoms with Gasteiger partial charge in [0.25, 0.3) is 0 Å². The monoisotopic (exact) mass is 469 g/mol. The van der Waals surface area contributed by atoms with Gasteiger partial charge in [-0.15, -0.1) is 10.2 Å². The number of benzene rings is 2. The molecule has 0 spiro atoms.